The maximum atomic E-state index is 12.4. The van der Waals surface area contributed by atoms with Crippen LogP contribution in [-0.2, 0) is 13.0 Å². The Labute approximate surface area is 130 Å². The number of Topliss-reactive ketones (excluding diaryl/α,β-unsaturated/α-hetero) is 1. The van der Waals surface area contributed by atoms with Gasteiger partial charge in [-0.05, 0) is 34.5 Å². The predicted octanol–water partition coefficient (Wildman–Crippen LogP) is 3.62. The number of para-hydroxylation sites is 1. The number of fused-ring (bicyclic) bond motifs is 1. The van der Waals surface area contributed by atoms with E-state index in [1.54, 1.807) is 10.7 Å². The first-order valence-electron chi connectivity index (χ1n) is 6.77. The van der Waals surface area contributed by atoms with Crippen LogP contribution >= 0.6 is 15.9 Å². The minimum Gasteiger partial charge on any atom is -0.452 e. The number of nitrogens with zero attached hydrogens (tertiary/aromatic N) is 3. The first-order valence-corrected chi connectivity index (χ1v) is 7.56. The minimum atomic E-state index is -0.0940. The third-order valence-electron chi connectivity index (χ3n) is 3.22. The van der Waals surface area contributed by atoms with Crippen LogP contribution in [0.1, 0.15) is 29.7 Å². The van der Waals surface area contributed by atoms with Crippen LogP contribution in [0.5, 0.6) is 0 Å². The molecule has 0 saturated carbocycles. The van der Waals surface area contributed by atoms with Gasteiger partial charge in [0.15, 0.2) is 5.76 Å². The zero-order valence-corrected chi connectivity index (χ0v) is 13.1. The van der Waals surface area contributed by atoms with Crippen LogP contribution in [0.25, 0.3) is 11.0 Å². The number of hydrogen-bond acceptors (Lipinski definition) is 4. The fourth-order valence-corrected chi connectivity index (χ4v) is 2.68. The Balaban J connectivity index is 1.87. The first-order chi connectivity index (χ1) is 10.2. The molecule has 0 fully saturated rings. The lowest BCUT2D eigenvalue weighted by atomic mass is 10.2. The van der Waals surface area contributed by atoms with E-state index in [2.05, 4.69) is 32.9 Å². The van der Waals surface area contributed by atoms with E-state index in [1.807, 2.05) is 18.2 Å². The Bertz CT molecular complexity index is 791. The average Bonchev–Trinajstić information content (AvgIpc) is 3.07. The number of carbonyl (C=O) groups is 1. The van der Waals surface area contributed by atoms with Gasteiger partial charge in [0.1, 0.15) is 17.7 Å². The van der Waals surface area contributed by atoms with E-state index in [9.17, 15) is 4.79 Å². The van der Waals surface area contributed by atoms with Gasteiger partial charge >= 0.3 is 0 Å². The topological polar surface area (TPSA) is 60.9 Å². The van der Waals surface area contributed by atoms with Gasteiger partial charge in [-0.3, -0.25) is 4.79 Å². The highest BCUT2D eigenvalue weighted by Gasteiger charge is 2.17. The van der Waals surface area contributed by atoms with E-state index in [0.29, 0.717) is 17.2 Å². The maximum absolute atomic E-state index is 12.4. The van der Waals surface area contributed by atoms with Crippen molar-refractivity contribution in [3.05, 3.63) is 46.7 Å². The van der Waals surface area contributed by atoms with E-state index in [0.717, 1.165) is 22.8 Å². The molecule has 0 aliphatic rings. The van der Waals surface area contributed by atoms with Crippen LogP contribution in [0.15, 0.2) is 39.5 Å². The molecule has 3 aromatic rings. The quantitative estimate of drug-likeness (QED) is 0.661. The van der Waals surface area contributed by atoms with Crippen LogP contribution in [0.4, 0.5) is 0 Å². The van der Waals surface area contributed by atoms with Crippen molar-refractivity contribution in [1.82, 2.24) is 14.8 Å². The van der Waals surface area contributed by atoms with Crippen LogP contribution < -0.4 is 0 Å². The maximum Gasteiger partial charge on any atom is 0.205 e. The zero-order chi connectivity index (χ0) is 14.8. The molecule has 0 atom stereocenters. The molecule has 0 saturated heterocycles. The van der Waals surface area contributed by atoms with Crippen LogP contribution in [0.3, 0.4) is 0 Å². The summed E-state index contributed by atoms with van der Waals surface area (Å²) in [5.74, 6) is 0.924. The molecule has 0 radical (unpaired) electrons. The number of rotatable bonds is 5. The molecule has 0 N–H and O–H groups in total. The number of aromatic nitrogens is 3. The summed E-state index contributed by atoms with van der Waals surface area (Å²) in [5.41, 5.74) is 0.691. The predicted molar refractivity (Wildman–Crippen MR) is 82.3 cm³/mol. The molecular formula is C15H14BrN3O2. The molecule has 2 aromatic heterocycles. The van der Waals surface area contributed by atoms with E-state index in [4.69, 9.17) is 4.42 Å². The highest BCUT2D eigenvalue weighted by Crippen LogP contribution is 2.27. The number of halogens is 1. The summed E-state index contributed by atoms with van der Waals surface area (Å²) in [7, 11) is 0. The third-order valence-corrected chi connectivity index (χ3v) is 3.85. The summed E-state index contributed by atoms with van der Waals surface area (Å²) in [6.45, 7) is 2.82. The molecule has 21 heavy (non-hydrogen) atoms. The Morgan fingerprint density at radius 1 is 1.43 bits per heavy atom. The van der Waals surface area contributed by atoms with Crippen molar-refractivity contribution >= 4 is 32.7 Å². The third kappa shape index (κ3) is 2.76. The van der Waals surface area contributed by atoms with Gasteiger partial charge in [-0.2, -0.15) is 5.10 Å². The van der Waals surface area contributed by atoms with E-state index < -0.39 is 0 Å². The molecule has 5 nitrogen and oxygen atoms in total. The number of furan rings is 1. The average molecular weight is 348 g/mol. The Hall–Kier alpha value is -1.95. The molecule has 0 amide bonds. The lowest BCUT2D eigenvalue weighted by Gasteiger charge is -2.02. The van der Waals surface area contributed by atoms with Gasteiger partial charge in [-0.15, -0.1) is 0 Å². The van der Waals surface area contributed by atoms with Gasteiger partial charge < -0.3 is 4.42 Å². The number of hydrogen-bond donors (Lipinski definition) is 0. The molecule has 0 spiro atoms. The molecule has 1 aromatic carbocycles. The molecular weight excluding hydrogens is 334 g/mol. The number of ketones is 1. The molecule has 2 heterocycles. The summed E-state index contributed by atoms with van der Waals surface area (Å²) in [6, 6.07) is 7.48. The van der Waals surface area contributed by atoms with Crippen LogP contribution in [-0.4, -0.2) is 20.5 Å². The molecule has 3 rings (SSSR count). The van der Waals surface area contributed by atoms with Crippen molar-refractivity contribution in [3.8, 4) is 0 Å². The lowest BCUT2D eigenvalue weighted by Crippen LogP contribution is -2.11. The van der Waals surface area contributed by atoms with Crippen molar-refractivity contribution in [3.63, 3.8) is 0 Å². The molecule has 0 bridgehead atoms. The van der Waals surface area contributed by atoms with Crippen LogP contribution in [0.2, 0.25) is 0 Å². The minimum absolute atomic E-state index is 0.0940. The van der Waals surface area contributed by atoms with Gasteiger partial charge in [0.25, 0.3) is 0 Å². The second kappa shape index (κ2) is 5.81. The lowest BCUT2D eigenvalue weighted by molar-refractivity contribution is 0.0964. The smallest absolute Gasteiger partial charge is 0.205 e. The largest absolute Gasteiger partial charge is 0.452 e. The highest BCUT2D eigenvalue weighted by molar-refractivity contribution is 9.10. The summed E-state index contributed by atoms with van der Waals surface area (Å²) >= 11 is 3.42. The Morgan fingerprint density at radius 3 is 3.05 bits per heavy atom. The highest BCUT2D eigenvalue weighted by atomic mass is 79.9. The number of benzene rings is 1. The van der Waals surface area contributed by atoms with E-state index in [1.165, 1.54) is 6.33 Å². The van der Waals surface area contributed by atoms with Crippen molar-refractivity contribution in [2.75, 3.05) is 0 Å². The number of aryl methyl sites for hydroxylation is 1. The summed E-state index contributed by atoms with van der Waals surface area (Å²) in [5, 5.41) is 5.03. The second-order valence-corrected chi connectivity index (χ2v) is 5.62. The standard InChI is InChI=1S/C15H14BrN3O2/c1-2-6-19-14(17-9-18-19)8-12(20)13-7-10-4-3-5-11(16)15(10)21-13/h3-5,7,9H,2,6,8H2,1H3. The first kappa shape index (κ1) is 14.0. The SMILES string of the molecule is CCCn1ncnc1CC(=O)c1cc2cccc(Br)c2o1. The van der Waals surface area contributed by atoms with Crippen molar-refractivity contribution < 1.29 is 9.21 Å². The van der Waals surface area contributed by atoms with Gasteiger partial charge in [0, 0.05) is 11.9 Å². The van der Waals surface area contributed by atoms with Crippen LogP contribution in [0, 0.1) is 0 Å². The van der Waals surface area contributed by atoms with Gasteiger partial charge in [0.2, 0.25) is 5.78 Å². The fraction of sp³-hybridized carbons (Fsp3) is 0.267. The Morgan fingerprint density at radius 2 is 2.29 bits per heavy atom. The normalized spacial score (nSPS) is 11.1. The summed E-state index contributed by atoms with van der Waals surface area (Å²) in [4.78, 5) is 16.5. The molecule has 0 unspecified atom stereocenters. The monoisotopic (exact) mass is 347 g/mol. The van der Waals surface area contributed by atoms with Crippen molar-refractivity contribution in [2.24, 2.45) is 0 Å². The summed E-state index contributed by atoms with van der Waals surface area (Å²) < 4.78 is 8.26. The van der Waals surface area contributed by atoms with Gasteiger partial charge in [-0.25, -0.2) is 9.67 Å². The van der Waals surface area contributed by atoms with Crippen molar-refractivity contribution in [1.29, 1.82) is 0 Å². The molecule has 6 heteroatoms. The zero-order valence-electron chi connectivity index (χ0n) is 11.5. The number of carbonyl (C=O) groups excluding carboxylic acids is 1. The molecule has 0 aliphatic heterocycles. The van der Waals surface area contributed by atoms with Gasteiger partial charge in [0.05, 0.1) is 10.9 Å². The van der Waals surface area contributed by atoms with Gasteiger partial charge in [-0.1, -0.05) is 19.1 Å². The Kier molecular flexibility index (Phi) is 3.88. The van der Waals surface area contributed by atoms with E-state index in [-0.39, 0.29) is 12.2 Å². The summed E-state index contributed by atoms with van der Waals surface area (Å²) in [6.07, 6.45) is 2.62. The fourth-order valence-electron chi connectivity index (χ4n) is 2.22. The second-order valence-electron chi connectivity index (χ2n) is 4.77. The van der Waals surface area contributed by atoms with E-state index >= 15 is 0 Å². The molecule has 108 valence electrons. The molecule has 0 aliphatic carbocycles. The van der Waals surface area contributed by atoms with Crippen molar-refractivity contribution in [2.45, 2.75) is 26.3 Å².